The lowest BCUT2D eigenvalue weighted by Crippen LogP contribution is -2.43. The Bertz CT molecular complexity index is 408. The molecule has 0 radical (unpaired) electrons. The van der Waals surface area contributed by atoms with Gasteiger partial charge < -0.3 is 10.1 Å². The van der Waals surface area contributed by atoms with Gasteiger partial charge in [-0.2, -0.15) is 0 Å². The van der Waals surface area contributed by atoms with Crippen LogP contribution in [0.2, 0.25) is 0 Å². The number of hydrogen-bond acceptors (Lipinski definition) is 3. The minimum absolute atomic E-state index is 0.699. The number of piperidine rings is 1. The van der Waals surface area contributed by atoms with E-state index >= 15 is 0 Å². The fraction of sp³-hybridized carbons (Fsp3) is 0.647. The number of rotatable bonds is 6. The summed E-state index contributed by atoms with van der Waals surface area (Å²) in [5.74, 6) is 1.81. The van der Waals surface area contributed by atoms with Crippen LogP contribution in [0.5, 0.6) is 5.75 Å². The van der Waals surface area contributed by atoms with Gasteiger partial charge >= 0.3 is 0 Å². The third-order valence-electron chi connectivity index (χ3n) is 4.17. The second-order valence-electron chi connectivity index (χ2n) is 6.05. The van der Waals surface area contributed by atoms with E-state index in [-0.39, 0.29) is 0 Å². The van der Waals surface area contributed by atoms with Crippen molar-refractivity contribution in [3.05, 3.63) is 29.8 Å². The van der Waals surface area contributed by atoms with Gasteiger partial charge in [0.05, 0.1) is 0 Å². The van der Waals surface area contributed by atoms with E-state index in [2.05, 4.69) is 42.3 Å². The van der Waals surface area contributed by atoms with Crippen molar-refractivity contribution in [2.24, 2.45) is 5.92 Å². The van der Waals surface area contributed by atoms with E-state index in [1.807, 2.05) is 13.1 Å². The fourth-order valence-corrected chi connectivity index (χ4v) is 2.92. The van der Waals surface area contributed by atoms with E-state index in [4.69, 9.17) is 4.74 Å². The molecule has 3 heteroatoms. The van der Waals surface area contributed by atoms with E-state index < -0.39 is 0 Å². The molecule has 1 aromatic rings. The van der Waals surface area contributed by atoms with Gasteiger partial charge in [0, 0.05) is 25.7 Å². The maximum atomic E-state index is 5.91. The Labute approximate surface area is 123 Å². The fourth-order valence-electron chi connectivity index (χ4n) is 2.92. The van der Waals surface area contributed by atoms with Crippen LogP contribution in [0.25, 0.3) is 0 Å². The molecular weight excluding hydrogens is 248 g/mol. The maximum Gasteiger partial charge on any atom is 0.119 e. The van der Waals surface area contributed by atoms with Crippen LogP contribution < -0.4 is 10.1 Å². The summed E-state index contributed by atoms with van der Waals surface area (Å²) in [5, 5.41) is 3.17. The lowest BCUT2D eigenvalue weighted by molar-refractivity contribution is 0.105. The molecule has 2 atom stereocenters. The lowest BCUT2D eigenvalue weighted by atomic mass is 9.95. The summed E-state index contributed by atoms with van der Waals surface area (Å²) in [6.45, 7) is 8.59. The highest BCUT2D eigenvalue weighted by Gasteiger charge is 2.22. The molecule has 1 fully saturated rings. The highest BCUT2D eigenvalue weighted by Crippen LogP contribution is 2.21. The normalized spacial score (nSPS) is 23.8. The molecule has 112 valence electrons. The third-order valence-corrected chi connectivity index (χ3v) is 4.17. The standard InChI is InChI=1S/C17H28N2O/c1-14-7-8-15(2)19(13-14)9-10-20-17-6-4-5-16(11-17)12-18-3/h4-6,11,14-15,18H,7-10,12-13H2,1-3H3. The topological polar surface area (TPSA) is 24.5 Å². The summed E-state index contributed by atoms with van der Waals surface area (Å²) in [6.07, 6.45) is 2.68. The first kappa shape index (κ1) is 15.3. The van der Waals surface area contributed by atoms with E-state index in [1.165, 1.54) is 24.9 Å². The van der Waals surface area contributed by atoms with Gasteiger partial charge in [0.25, 0.3) is 0 Å². The minimum Gasteiger partial charge on any atom is -0.492 e. The van der Waals surface area contributed by atoms with Crippen molar-refractivity contribution in [1.82, 2.24) is 10.2 Å². The van der Waals surface area contributed by atoms with Crippen molar-refractivity contribution in [2.45, 2.75) is 39.3 Å². The summed E-state index contributed by atoms with van der Waals surface area (Å²) in [6, 6.07) is 9.05. The minimum atomic E-state index is 0.699. The molecule has 1 saturated heterocycles. The molecule has 2 unspecified atom stereocenters. The molecule has 0 aliphatic carbocycles. The van der Waals surface area contributed by atoms with Crippen LogP contribution in [0, 0.1) is 5.92 Å². The predicted octanol–water partition coefficient (Wildman–Crippen LogP) is 2.91. The highest BCUT2D eigenvalue weighted by atomic mass is 16.5. The number of benzene rings is 1. The molecule has 1 heterocycles. The number of nitrogens with zero attached hydrogens (tertiary/aromatic N) is 1. The number of hydrogen-bond donors (Lipinski definition) is 1. The summed E-state index contributed by atoms with van der Waals surface area (Å²) >= 11 is 0. The van der Waals surface area contributed by atoms with Crippen molar-refractivity contribution in [3.63, 3.8) is 0 Å². The highest BCUT2D eigenvalue weighted by molar-refractivity contribution is 5.28. The molecule has 0 bridgehead atoms. The van der Waals surface area contributed by atoms with Crippen molar-refractivity contribution in [3.8, 4) is 5.75 Å². The molecule has 0 amide bonds. The first-order valence-corrected chi connectivity index (χ1v) is 7.79. The van der Waals surface area contributed by atoms with Crippen LogP contribution in [0.3, 0.4) is 0 Å². The molecule has 0 aromatic heterocycles. The number of likely N-dealkylation sites (tertiary alicyclic amines) is 1. The quantitative estimate of drug-likeness (QED) is 0.864. The van der Waals surface area contributed by atoms with Crippen molar-refractivity contribution >= 4 is 0 Å². The Kier molecular flexibility index (Phi) is 5.86. The lowest BCUT2D eigenvalue weighted by Gasteiger charge is -2.36. The Balaban J connectivity index is 1.78. The van der Waals surface area contributed by atoms with Crippen LogP contribution in [0.4, 0.5) is 0 Å². The van der Waals surface area contributed by atoms with Gasteiger partial charge in [-0.1, -0.05) is 19.1 Å². The van der Waals surface area contributed by atoms with E-state index in [1.54, 1.807) is 0 Å². The number of nitrogens with one attached hydrogen (secondary N) is 1. The van der Waals surface area contributed by atoms with Crippen molar-refractivity contribution in [2.75, 3.05) is 26.7 Å². The molecule has 0 spiro atoms. The molecule has 1 aromatic carbocycles. The second-order valence-corrected chi connectivity index (χ2v) is 6.05. The average molecular weight is 276 g/mol. The van der Waals surface area contributed by atoms with Gasteiger partial charge in [0.15, 0.2) is 0 Å². The van der Waals surface area contributed by atoms with Crippen LogP contribution in [-0.2, 0) is 6.54 Å². The maximum absolute atomic E-state index is 5.91. The van der Waals surface area contributed by atoms with Gasteiger partial charge in [0.2, 0.25) is 0 Å². The smallest absolute Gasteiger partial charge is 0.119 e. The zero-order chi connectivity index (χ0) is 14.4. The zero-order valence-electron chi connectivity index (χ0n) is 13.1. The zero-order valence-corrected chi connectivity index (χ0v) is 13.1. The van der Waals surface area contributed by atoms with Crippen LogP contribution in [0.1, 0.15) is 32.3 Å². The summed E-state index contributed by atoms with van der Waals surface area (Å²) in [4.78, 5) is 2.56. The summed E-state index contributed by atoms with van der Waals surface area (Å²) in [7, 11) is 1.96. The van der Waals surface area contributed by atoms with Gasteiger partial charge in [-0.25, -0.2) is 0 Å². The van der Waals surface area contributed by atoms with Gasteiger partial charge in [-0.3, -0.25) is 4.90 Å². The van der Waals surface area contributed by atoms with Crippen molar-refractivity contribution < 1.29 is 4.74 Å². The molecule has 2 rings (SSSR count). The second kappa shape index (κ2) is 7.65. The van der Waals surface area contributed by atoms with E-state index in [0.29, 0.717) is 6.04 Å². The molecular formula is C17H28N2O. The summed E-state index contributed by atoms with van der Waals surface area (Å²) in [5.41, 5.74) is 1.27. The predicted molar refractivity (Wildman–Crippen MR) is 84.1 cm³/mol. The SMILES string of the molecule is CNCc1cccc(OCCN2CC(C)CCC2C)c1. The number of ether oxygens (including phenoxy) is 1. The van der Waals surface area contributed by atoms with E-state index in [9.17, 15) is 0 Å². The molecule has 20 heavy (non-hydrogen) atoms. The Hall–Kier alpha value is -1.06. The Morgan fingerprint density at radius 3 is 2.95 bits per heavy atom. The van der Waals surface area contributed by atoms with Crippen LogP contribution >= 0.6 is 0 Å². The Morgan fingerprint density at radius 2 is 2.15 bits per heavy atom. The molecule has 1 aliphatic heterocycles. The van der Waals surface area contributed by atoms with Crippen LogP contribution in [0.15, 0.2) is 24.3 Å². The first-order chi connectivity index (χ1) is 9.69. The molecule has 1 aliphatic rings. The molecule has 1 N–H and O–H groups in total. The average Bonchev–Trinajstić information content (AvgIpc) is 2.43. The van der Waals surface area contributed by atoms with Gasteiger partial charge in [-0.15, -0.1) is 0 Å². The molecule has 0 saturated carbocycles. The molecule has 3 nitrogen and oxygen atoms in total. The first-order valence-electron chi connectivity index (χ1n) is 7.79. The monoisotopic (exact) mass is 276 g/mol. The Morgan fingerprint density at radius 1 is 1.30 bits per heavy atom. The third kappa shape index (κ3) is 4.50. The van der Waals surface area contributed by atoms with Gasteiger partial charge in [0.1, 0.15) is 12.4 Å². The van der Waals surface area contributed by atoms with Crippen molar-refractivity contribution in [1.29, 1.82) is 0 Å². The summed E-state index contributed by atoms with van der Waals surface area (Å²) < 4.78 is 5.91. The van der Waals surface area contributed by atoms with Crippen LogP contribution in [-0.4, -0.2) is 37.7 Å². The van der Waals surface area contributed by atoms with Gasteiger partial charge in [-0.05, 0) is 50.4 Å². The van der Waals surface area contributed by atoms with E-state index in [0.717, 1.165) is 31.4 Å². The largest absolute Gasteiger partial charge is 0.492 e.